The highest BCUT2D eigenvalue weighted by Gasteiger charge is 2.16. The molecule has 0 saturated heterocycles. The van der Waals surface area contributed by atoms with E-state index in [0.29, 0.717) is 16.3 Å². The van der Waals surface area contributed by atoms with E-state index in [1.165, 1.54) is 17.8 Å². The number of hydrogen-bond donors (Lipinski definition) is 8. The van der Waals surface area contributed by atoms with Crippen LogP contribution in [0.2, 0.25) is 0 Å². The fraction of sp³-hybridized carbons (Fsp3) is 0.111. The van der Waals surface area contributed by atoms with Crippen molar-refractivity contribution in [3.63, 3.8) is 0 Å². The van der Waals surface area contributed by atoms with Gasteiger partial charge < -0.3 is 30.2 Å². The van der Waals surface area contributed by atoms with E-state index in [9.17, 15) is 9.13 Å². The Hall–Kier alpha value is -0.750. The molecule has 0 aliphatic heterocycles. The van der Waals surface area contributed by atoms with E-state index in [1.54, 1.807) is 18.4 Å². The molecule has 0 fully saturated rings. The molecule has 24 heavy (non-hydrogen) atoms. The van der Waals surface area contributed by atoms with Crippen LogP contribution < -0.4 is 20.8 Å². The largest absolute Gasteiger partial charge is 0.429 e. The second kappa shape index (κ2) is 8.56. The van der Waals surface area contributed by atoms with Crippen molar-refractivity contribution >= 4 is 73.3 Å². The van der Waals surface area contributed by atoms with Gasteiger partial charge in [0.05, 0.1) is 5.69 Å². The van der Waals surface area contributed by atoms with Gasteiger partial charge in [0.1, 0.15) is 0 Å². The first-order chi connectivity index (χ1) is 10.9. The number of nitrogens with one attached hydrogen (secondary N) is 4. The van der Waals surface area contributed by atoms with Gasteiger partial charge in [-0.25, -0.2) is 9.13 Å². The third-order valence-electron chi connectivity index (χ3n) is 2.20. The first-order valence-electron chi connectivity index (χ1n) is 5.87. The van der Waals surface area contributed by atoms with Crippen LogP contribution in [0.3, 0.4) is 0 Å². The molecule has 0 heterocycles. The fourth-order valence-electron chi connectivity index (χ4n) is 1.45. The zero-order valence-corrected chi connectivity index (χ0v) is 16.2. The predicted molar refractivity (Wildman–Crippen MR) is 101 cm³/mol. The van der Waals surface area contributed by atoms with Gasteiger partial charge in [0.2, 0.25) is 0 Å². The Morgan fingerprint density at radius 1 is 1.00 bits per heavy atom. The summed E-state index contributed by atoms with van der Waals surface area (Å²) in [4.78, 5) is 35.8. The van der Waals surface area contributed by atoms with E-state index in [1.807, 2.05) is 10.2 Å². The van der Waals surface area contributed by atoms with Gasteiger partial charge in [-0.1, -0.05) is 0 Å². The van der Waals surface area contributed by atoms with Crippen LogP contribution in [-0.2, 0) is 9.13 Å². The molecule has 0 aromatic heterocycles. The van der Waals surface area contributed by atoms with Crippen LogP contribution in [0.25, 0.3) is 0 Å². The van der Waals surface area contributed by atoms with Gasteiger partial charge >= 0.3 is 15.5 Å². The Labute approximate surface area is 152 Å². The number of thioether (sulfide) groups is 1. The van der Waals surface area contributed by atoms with Gasteiger partial charge in [-0.15, -0.1) is 11.8 Å². The SMILES string of the molecule is CSc1cc(NC(=S)NP(=O)(O)O)ccc1NC(=S)NP(=O)(O)O. The van der Waals surface area contributed by atoms with Crippen molar-refractivity contribution in [3.05, 3.63) is 18.2 Å². The molecule has 0 unspecified atom stereocenters. The molecule has 0 amide bonds. The summed E-state index contributed by atoms with van der Waals surface area (Å²) in [5.41, 5.74) is 0.928. The molecule has 134 valence electrons. The molecule has 1 aromatic carbocycles. The normalized spacial score (nSPS) is 11.5. The molecule has 10 nitrogen and oxygen atoms in total. The van der Waals surface area contributed by atoms with E-state index < -0.39 is 15.5 Å². The third-order valence-corrected chi connectivity index (χ3v) is 4.72. The Kier molecular flexibility index (Phi) is 7.60. The highest BCUT2D eigenvalue weighted by atomic mass is 32.2. The maximum absolute atomic E-state index is 10.8. The Morgan fingerprint density at radius 3 is 1.96 bits per heavy atom. The summed E-state index contributed by atoms with van der Waals surface area (Å²) >= 11 is 10.9. The highest BCUT2D eigenvalue weighted by molar-refractivity contribution is 7.98. The van der Waals surface area contributed by atoms with Crippen molar-refractivity contribution in [1.82, 2.24) is 10.2 Å². The van der Waals surface area contributed by atoms with Crippen molar-refractivity contribution in [3.8, 4) is 0 Å². The predicted octanol–water partition coefficient (Wildman–Crippen LogP) is 1.17. The lowest BCUT2D eigenvalue weighted by Crippen LogP contribution is -2.26. The zero-order valence-electron chi connectivity index (χ0n) is 12.0. The van der Waals surface area contributed by atoms with Crippen molar-refractivity contribution < 1.29 is 28.7 Å². The van der Waals surface area contributed by atoms with E-state index in [-0.39, 0.29) is 10.2 Å². The summed E-state index contributed by atoms with van der Waals surface area (Å²) in [5.74, 6) is 0. The van der Waals surface area contributed by atoms with E-state index in [4.69, 9.17) is 44.0 Å². The van der Waals surface area contributed by atoms with Gasteiger partial charge in [-0.2, -0.15) is 0 Å². The first-order valence-corrected chi connectivity index (χ1v) is 11.1. The van der Waals surface area contributed by atoms with Gasteiger partial charge in [0.25, 0.3) is 0 Å². The lowest BCUT2D eigenvalue weighted by atomic mass is 10.3. The Balaban J connectivity index is 2.85. The molecule has 0 atom stereocenters. The molecule has 0 bridgehead atoms. The molecular formula is C9H14N4O6P2S3. The number of anilines is 2. The molecule has 0 radical (unpaired) electrons. The van der Waals surface area contributed by atoms with Gasteiger partial charge in [0.15, 0.2) is 10.2 Å². The minimum atomic E-state index is -4.50. The van der Waals surface area contributed by atoms with Gasteiger partial charge in [0, 0.05) is 10.6 Å². The molecular weight excluding hydrogens is 418 g/mol. The third kappa shape index (κ3) is 8.38. The summed E-state index contributed by atoms with van der Waals surface area (Å²) in [6, 6.07) is 4.71. The van der Waals surface area contributed by atoms with Gasteiger partial charge in [-0.05, 0) is 48.9 Å². The lowest BCUT2D eigenvalue weighted by Gasteiger charge is -2.16. The zero-order chi connectivity index (χ0) is 18.5. The summed E-state index contributed by atoms with van der Waals surface area (Å²) < 4.78 is 21.6. The maximum atomic E-state index is 10.8. The molecule has 15 heteroatoms. The molecule has 0 spiro atoms. The van der Waals surface area contributed by atoms with Crippen LogP contribution >= 0.6 is 51.7 Å². The lowest BCUT2D eigenvalue weighted by molar-refractivity contribution is 0.365. The minimum Gasteiger partial charge on any atom is -0.332 e. The van der Waals surface area contributed by atoms with Crippen LogP contribution in [0.15, 0.2) is 23.1 Å². The molecule has 8 N–H and O–H groups in total. The molecule has 0 aliphatic carbocycles. The smallest absolute Gasteiger partial charge is 0.332 e. The maximum Gasteiger partial charge on any atom is 0.429 e. The van der Waals surface area contributed by atoms with Crippen LogP contribution in [0, 0.1) is 0 Å². The number of benzene rings is 1. The minimum absolute atomic E-state index is 0.252. The highest BCUT2D eigenvalue weighted by Crippen LogP contribution is 2.32. The summed E-state index contributed by atoms with van der Waals surface area (Å²) in [5, 5.41) is 8.40. The topological polar surface area (TPSA) is 163 Å². The summed E-state index contributed by atoms with van der Waals surface area (Å²) in [6.45, 7) is 0. The van der Waals surface area contributed by atoms with E-state index in [2.05, 4.69) is 10.6 Å². The number of thiocarbonyl (C=S) groups is 2. The second-order valence-corrected chi connectivity index (χ2v) is 8.42. The van der Waals surface area contributed by atoms with Crippen LogP contribution in [0.5, 0.6) is 0 Å². The Morgan fingerprint density at radius 2 is 1.50 bits per heavy atom. The average Bonchev–Trinajstić information content (AvgIpc) is 2.35. The van der Waals surface area contributed by atoms with Crippen LogP contribution in [-0.4, -0.2) is 36.1 Å². The molecule has 0 aliphatic rings. The van der Waals surface area contributed by atoms with Crippen LogP contribution in [0.1, 0.15) is 0 Å². The molecule has 1 aromatic rings. The molecule has 0 saturated carbocycles. The average molecular weight is 432 g/mol. The van der Waals surface area contributed by atoms with Crippen LogP contribution in [0.4, 0.5) is 11.4 Å². The number of rotatable bonds is 5. The standard InChI is InChI=1S/C9H14N4O6P2S3/c1-24-7-4-5(10-8(22)12-20(14,15)16)2-3-6(7)11-9(23)13-21(17,18)19/h2-4H,1H3,(H4,10,12,14,15,16,22)(H4,11,13,17,18,19,23). The number of hydrogen-bond acceptors (Lipinski definition) is 5. The first kappa shape index (κ1) is 21.3. The quantitative estimate of drug-likeness (QED) is 0.190. The van der Waals surface area contributed by atoms with Gasteiger partial charge in [-0.3, -0.25) is 10.2 Å². The monoisotopic (exact) mass is 432 g/mol. The second-order valence-electron chi connectivity index (χ2n) is 4.13. The van der Waals surface area contributed by atoms with Crippen molar-refractivity contribution in [1.29, 1.82) is 0 Å². The summed E-state index contributed by atoms with van der Waals surface area (Å²) in [6.07, 6.45) is 1.76. The van der Waals surface area contributed by atoms with Crippen molar-refractivity contribution in [2.45, 2.75) is 4.90 Å². The van der Waals surface area contributed by atoms with Crippen molar-refractivity contribution in [2.24, 2.45) is 0 Å². The van der Waals surface area contributed by atoms with E-state index in [0.717, 1.165) is 0 Å². The van der Waals surface area contributed by atoms with Crippen molar-refractivity contribution in [2.75, 3.05) is 16.9 Å². The fourth-order valence-corrected chi connectivity index (χ4v) is 3.61. The van der Waals surface area contributed by atoms with E-state index >= 15 is 0 Å². The summed E-state index contributed by atoms with van der Waals surface area (Å²) in [7, 11) is -9.00. The Bertz CT molecular complexity index is 736. The molecule has 1 rings (SSSR count).